The molecule has 0 aliphatic carbocycles. The SMILES string of the molecule is CCO[C@@H]1[C@@H](OC)[C@H](C)O[C@@H](OC(=O)Nc2ccc(C3=NN(c4ccc(OC(F)(F)F)cc4)CC3)cc2)[C@@H]1OC. The van der Waals surface area contributed by atoms with E-state index in [9.17, 15) is 18.0 Å². The number of ether oxygens (including phenoxy) is 6. The van der Waals surface area contributed by atoms with Gasteiger partial charge in [-0.05, 0) is 55.8 Å². The molecule has 218 valence electrons. The van der Waals surface area contributed by atoms with Gasteiger partial charge in [-0.3, -0.25) is 10.3 Å². The quantitative estimate of drug-likeness (QED) is 0.456. The Morgan fingerprint density at radius 3 is 2.33 bits per heavy atom. The van der Waals surface area contributed by atoms with Gasteiger partial charge in [0.05, 0.1) is 17.5 Å². The number of rotatable bonds is 9. The van der Waals surface area contributed by atoms with Gasteiger partial charge in [0.15, 0.2) is 0 Å². The minimum Gasteiger partial charge on any atom is -0.416 e. The predicted molar refractivity (Wildman–Crippen MR) is 140 cm³/mol. The number of hydrogen-bond donors (Lipinski definition) is 1. The molecule has 4 rings (SSSR count). The van der Waals surface area contributed by atoms with Gasteiger partial charge in [-0.1, -0.05) is 12.1 Å². The van der Waals surface area contributed by atoms with Crippen LogP contribution in [0.5, 0.6) is 5.75 Å². The van der Waals surface area contributed by atoms with Crippen molar-refractivity contribution >= 4 is 23.2 Å². The maximum Gasteiger partial charge on any atom is 0.573 e. The highest BCUT2D eigenvalue weighted by Gasteiger charge is 2.47. The van der Waals surface area contributed by atoms with Gasteiger partial charge in [0.2, 0.25) is 6.29 Å². The molecule has 2 aliphatic rings. The van der Waals surface area contributed by atoms with Gasteiger partial charge in [-0.15, -0.1) is 13.2 Å². The number of carbonyl (C=O) groups excluding carboxylic acids is 1. The van der Waals surface area contributed by atoms with Crippen molar-refractivity contribution in [1.82, 2.24) is 0 Å². The number of nitrogens with zero attached hydrogens (tertiary/aromatic N) is 2. The van der Waals surface area contributed by atoms with Crippen LogP contribution in [0.1, 0.15) is 25.8 Å². The minimum absolute atomic E-state index is 0.295. The molecule has 0 spiro atoms. The number of anilines is 2. The Kier molecular flexibility index (Phi) is 9.51. The number of hydrogen-bond acceptors (Lipinski definition) is 9. The van der Waals surface area contributed by atoms with Crippen molar-refractivity contribution in [1.29, 1.82) is 0 Å². The standard InChI is InChI=1S/C27H32F3N3O7/c1-5-37-23-22(35-3)16(2)38-25(24(23)36-4)39-26(34)31-18-8-6-17(7-9-18)21-14-15-33(32-21)19-10-12-20(13-11-19)40-27(28,29)30/h6-13,16,22-25H,5,14-15H2,1-4H3,(H,31,34)/t16-,22-,23+,24+,25-/m0/s1. The molecule has 0 aromatic heterocycles. The summed E-state index contributed by atoms with van der Waals surface area (Å²) in [6.45, 7) is 4.65. The fourth-order valence-corrected chi connectivity index (χ4v) is 4.69. The molecule has 0 saturated carbocycles. The van der Waals surface area contributed by atoms with Gasteiger partial charge in [0, 0.05) is 39.5 Å². The maximum atomic E-state index is 12.7. The molecule has 13 heteroatoms. The molecule has 2 aromatic rings. The fourth-order valence-electron chi connectivity index (χ4n) is 4.69. The van der Waals surface area contributed by atoms with Crippen LogP contribution in [0.3, 0.4) is 0 Å². The van der Waals surface area contributed by atoms with Crippen LogP contribution in [0.2, 0.25) is 0 Å². The first-order chi connectivity index (χ1) is 19.1. The lowest BCUT2D eigenvalue weighted by Gasteiger charge is -2.43. The van der Waals surface area contributed by atoms with E-state index in [1.165, 1.54) is 31.4 Å². The highest BCUT2D eigenvalue weighted by atomic mass is 19.4. The molecule has 0 unspecified atom stereocenters. The van der Waals surface area contributed by atoms with Gasteiger partial charge >= 0.3 is 12.5 Å². The monoisotopic (exact) mass is 567 g/mol. The van der Waals surface area contributed by atoms with Gasteiger partial charge in [0.1, 0.15) is 24.1 Å². The van der Waals surface area contributed by atoms with Crippen LogP contribution in [0.15, 0.2) is 53.6 Å². The maximum absolute atomic E-state index is 12.7. The van der Waals surface area contributed by atoms with Gasteiger partial charge in [-0.2, -0.15) is 5.10 Å². The number of methoxy groups -OCH3 is 2. The first-order valence-corrected chi connectivity index (χ1v) is 12.7. The summed E-state index contributed by atoms with van der Waals surface area (Å²) < 4.78 is 69.3. The number of alkyl halides is 3. The van der Waals surface area contributed by atoms with Crippen LogP contribution in [0.4, 0.5) is 29.3 Å². The molecule has 2 aromatic carbocycles. The normalized spacial score (nSPS) is 24.9. The first kappa shape index (κ1) is 29.6. The molecular weight excluding hydrogens is 535 g/mol. The number of halogens is 3. The van der Waals surface area contributed by atoms with E-state index in [-0.39, 0.29) is 5.75 Å². The van der Waals surface area contributed by atoms with E-state index in [4.69, 9.17) is 23.7 Å². The Morgan fingerprint density at radius 1 is 1.05 bits per heavy atom. The molecule has 0 radical (unpaired) electrons. The highest BCUT2D eigenvalue weighted by molar-refractivity contribution is 6.03. The van der Waals surface area contributed by atoms with Crippen LogP contribution in [-0.2, 0) is 23.7 Å². The lowest BCUT2D eigenvalue weighted by Crippen LogP contribution is -2.60. The summed E-state index contributed by atoms with van der Waals surface area (Å²) in [6.07, 6.45) is -7.80. The Morgan fingerprint density at radius 2 is 1.73 bits per heavy atom. The van der Waals surface area contributed by atoms with Crippen molar-refractivity contribution < 1.29 is 46.4 Å². The first-order valence-electron chi connectivity index (χ1n) is 12.7. The molecule has 10 nitrogen and oxygen atoms in total. The van der Waals surface area contributed by atoms with Crippen LogP contribution in [0, 0.1) is 0 Å². The second-order valence-electron chi connectivity index (χ2n) is 9.10. The molecule has 1 fully saturated rings. The Bertz CT molecular complexity index is 1160. The number of nitrogens with one attached hydrogen (secondary N) is 1. The number of benzene rings is 2. The Hall–Kier alpha value is -3.39. The Labute approximate surface area is 229 Å². The van der Waals surface area contributed by atoms with Crippen molar-refractivity contribution in [3.05, 3.63) is 54.1 Å². The molecule has 2 aliphatic heterocycles. The summed E-state index contributed by atoms with van der Waals surface area (Å²) in [6, 6.07) is 12.6. The molecule has 0 bridgehead atoms. The molecule has 1 N–H and O–H groups in total. The molecule has 2 heterocycles. The number of hydrazone groups is 1. The summed E-state index contributed by atoms with van der Waals surface area (Å²) in [4.78, 5) is 12.7. The smallest absolute Gasteiger partial charge is 0.416 e. The van der Waals surface area contributed by atoms with Crippen molar-refractivity contribution in [3.8, 4) is 5.75 Å². The zero-order chi connectivity index (χ0) is 28.9. The van der Waals surface area contributed by atoms with E-state index >= 15 is 0 Å². The third-order valence-electron chi connectivity index (χ3n) is 6.49. The molecule has 40 heavy (non-hydrogen) atoms. The fraction of sp³-hybridized carbons (Fsp3) is 0.481. The summed E-state index contributed by atoms with van der Waals surface area (Å²) in [5.41, 5.74) is 2.78. The van der Waals surface area contributed by atoms with E-state index in [1.54, 1.807) is 24.3 Å². The van der Waals surface area contributed by atoms with Crippen molar-refractivity contribution in [3.63, 3.8) is 0 Å². The van der Waals surface area contributed by atoms with Gasteiger partial charge in [-0.25, -0.2) is 4.79 Å². The molecule has 1 amide bonds. The lowest BCUT2D eigenvalue weighted by atomic mass is 9.99. The summed E-state index contributed by atoms with van der Waals surface area (Å²) in [7, 11) is 3.05. The molecule has 1 saturated heterocycles. The predicted octanol–water partition coefficient (Wildman–Crippen LogP) is 4.93. The second kappa shape index (κ2) is 12.9. The molecule has 5 atom stereocenters. The van der Waals surface area contributed by atoms with Crippen LogP contribution < -0.4 is 15.1 Å². The summed E-state index contributed by atoms with van der Waals surface area (Å²) in [5, 5.41) is 8.97. The van der Waals surface area contributed by atoms with Gasteiger partial charge in [0.25, 0.3) is 0 Å². The topological polar surface area (TPSA) is 100 Å². The van der Waals surface area contributed by atoms with Gasteiger partial charge < -0.3 is 28.4 Å². The molecular formula is C27H32F3N3O7. The van der Waals surface area contributed by atoms with E-state index in [0.717, 1.165) is 11.3 Å². The van der Waals surface area contributed by atoms with E-state index in [2.05, 4.69) is 15.2 Å². The van der Waals surface area contributed by atoms with E-state index < -0.39 is 43.2 Å². The van der Waals surface area contributed by atoms with Crippen molar-refractivity contribution in [2.75, 3.05) is 37.7 Å². The van der Waals surface area contributed by atoms with Crippen molar-refractivity contribution in [2.45, 2.75) is 57.3 Å². The average Bonchev–Trinajstić information content (AvgIpc) is 3.39. The number of amides is 1. The second-order valence-corrected chi connectivity index (χ2v) is 9.10. The summed E-state index contributed by atoms with van der Waals surface area (Å²) >= 11 is 0. The van der Waals surface area contributed by atoms with Crippen LogP contribution >= 0.6 is 0 Å². The van der Waals surface area contributed by atoms with Crippen molar-refractivity contribution in [2.24, 2.45) is 5.10 Å². The zero-order valence-corrected chi connectivity index (χ0v) is 22.5. The summed E-state index contributed by atoms with van der Waals surface area (Å²) in [5.74, 6) is -0.295. The highest BCUT2D eigenvalue weighted by Crippen LogP contribution is 2.29. The number of carbonyl (C=O) groups is 1. The van der Waals surface area contributed by atoms with E-state index in [1.807, 2.05) is 26.0 Å². The lowest BCUT2D eigenvalue weighted by molar-refractivity contribution is -0.292. The van der Waals surface area contributed by atoms with E-state index in [0.29, 0.717) is 30.9 Å². The minimum atomic E-state index is -4.74. The largest absolute Gasteiger partial charge is 0.573 e. The average molecular weight is 568 g/mol. The third kappa shape index (κ3) is 7.22. The van der Waals surface area contributed by atoms with Crippen LogP contribution in [-0.4, -0.2) is 76.2 Å². The third-order valence-corrected chi connectivity index (χ3v) is 6.49. The zero-order valence-electron chi connectivity index (χ0n) is 22.5. The van der Waals surface area contributed by atoms with Crippen LogP contribution in [0.25, 0.3) is 0 Å². The Balaban J connectivity index is 1.35.